The number of aromatic amines is 1. The Hall–Kier alpha value is -1.16. The molecule has 3 heterocycles. The SMILES string of the molecule is O=c1cccc2[nH]c(CC3CCCS3)cn12. The van der Waals surface area contributed by atoms with Gasteiger partial charge in [-0.3, -0.25) is 9.20 Å². The largest absolute Gasteiger partial charge is 0.343 e. The van der Waals surface area contributed by atoms with E-state index in [0.717, 1.165) is 17.3 Å². The highest BCUT2D eigenvalue weighted by atomic mass is 32.2. The highest BCUT2D eigenvalue weighted by Gasteiger charge is 2.16. The minimum atomic E-state index is 0.0408. The number of aromatic nitrogens is 2. The highest BCUT2D eigenvalue weighted by Crippen LogP contribution is 2.28. The fourth-order valence-electron chi connectivity index (χ4n) is 2.24. The number of hydrogen-bond acceptors (Lipinski definition) is 2. The smallest absolute Gasteiger partial charge is 0.256 e. The van der Waals surface area contributed by atoms with Gasteiger partial charge in [-0.1, -0.05) is 6.07 Å². The van der Waals surface area contributed by atoms with Gasteiger partial charge in [-0.2, -0.15) is 11.8 Å². The predicted molar refractivity (Wildman–Crippen MR) is 67.2 cm³/mol. The van der Waals surface area contributed by atoms with Gasteiger partial charge in [0.1, 0.15) is 5.65 Å². The molecule has 3 nitrogen and oxygen atoms in total. The molecule has 0 amide bonds. The molecule has 0 radical (unpaired) electrons. The van der Waals surface area contributed by atoms with Gasteiger partial charge < -0.3 is 4.98 Å². The van der Waals surface area contributed by atoms with Crippen molar-refractivity contribution >= 4 is 17.4 Å². The lowest BCUT2D eigenvalue weighted by atomic mass is 10.2. The van der Waals surface area contributed by atoms with Crippen molar-refractivity contribution in [3.63, 3.8) is 0 Å². The van der Waals surface area contributed by atoms with E-state index in [4.69, 9.17) is 0 Å². The second-order valence-corrected chi connectivity index (χ2v) is 5.65. The quantitative estimate of drug-likeness (QED) is 0.863. The van der Waals surface area contributed by atoms with Crippen LogP contribution >= 0.6 is 11.8 Å². The minimum Gasteiger partial charge on any atom is -0.343 e. The van der Waals surface area contributed by atoms with E-state index in [-0.39, 0.29) is 5.56 Å². The van der Waals surface area contributed by atoms with Gasteiger partial charge in [0, 0.05) is 29.6 Å². The predicted octanol–water partition coefficient (Wildman–Crippen LogP) is 2.07. The monoisotopic (exact) mass is 234 g/mol. The summed E-state index contributed by atoms with van der Waals surface area (Å²) in [6.07, 6.45) is 5.62. The molecular weight excluding hydrogens is 220 g/mol. The molecule has 0 saturated carbocycles. The van der Waals surface area contributed by atoms with E-state index < -0.39 is 0 Å². The number of H-pyrrole nitrogens is 1. The van der Waals surface area contributed by atoms with Crippen molar-refractivity contribution in [2.45, 2.75) is 24.5 Å². The number of nitrogens with zero attached hydrogens (tertiary/aromatic N) is 1. The second kappa shape index (κ2) is 4.01. The standard InChI is InChI=1S/C12H14N2OS/c15-12-5-1-4-11-13-9(8-14(11)12)7-10-3-2-6-16-10/h1,4-5,8,10,13H,2-3,6-7H2. The summed E-state index contributed by atoms with van der Waals surface area (Å²) in [5.41, 5.74) is 2.10. The van der Waals surface area contributed by atoms with Crippen molar-refractivity contribution in [1.82, 2.24) is 9.38 Å². The lowest BCUT2D eigenvalue weighted by molar-refractivity contribution is 0.767. The van der Waals surface area contributed by atoms with Gasteiger partial charge in [0.2, 0.25) is 0 Å². The molecule has 16 heavy (non-hydrogen) atoms. The molecule has 3 rings (SSSR count). The van der Waals surface area contributed by atoms with Gasteiger partial charge in [0.25, 0.3) is 5.56 Å². The first-order chi connectivity index (χ1) is 7.83. The minimum absolute atomic E-state index is 0.0408. The topological polar surface area (TPSA) is 37.3 Å². The number of thioether (sulfide) groups is 1. The third-order valence-corrected chi connectivity index (χ3v) is 4.43. The first kappa shape index (κ1) is 10.0. The van der Waals surface area contributed by atoms with Gasteiger partial charge in [-0.05, 0) is 24.7 Å². The molecule has 1 aliphatic rings. The Kier molecular flexibility index (Phi) is 2.52. The summed E-state index contributed by atoms with van der Waals surface area (Å²) in [6.45, 7) is 0. The molecule has 0 aliphatic carbocycles. The Morgan fingerprint density at radius 2 is 2.44 bits per heavy atom. The third-order valence-electron chi connectivity index (χ3n) is 3.04. The van der Waals surface area contributed by atoms with Crippen molar-refractivity contribution in [3.05, 3.63) is 40.4 Å². The van der Waals surface area contributed by atoms with Crippen LogP contribution in [0.3, 0.4) is 0 Å². The summed E-state index contributed by atoms with van der Waals surface area (Å²) < 4.78 is 1.69. The fourth-order valence-corrected chi connectivity index (χ4v) is 3.54. The van der Waals surface area contributed by atoms with E-state index in [1.807, 2.05) is 24.0 Å². The average molecular weight is 234 g/mol. The number of pyridine rings is 1. The molecule has 2 aromatic heterocycles. The van der Waals surface area contributed by atoms with Crippen molar-refractivity contribution in [2.24, 2.45) is 0 Å². The zero-order valence-corrected chi connectivity index (χ0v) is 9.80. The molecule has 2 aromatic rings. The Morgan fingerprint density at radius 1 is 1.50 bits per heavy atom. The Labute approximate surface area is 97.9 Å². The van der Waals surface area contributed by atoms with E-state index >= 15 is 0 Å². The average Bonchev–Trinajstić information content (AvgIpc) is 2.88. The van der Waals surface area contributed by atoms with Crippen LogP contribution in [0.5, 0.6) is 0 Å². The fraction of sp³-hybridized carbons (Fsp3) is 0.417. The molecule has 84 valence electrons. The molecule has 1 unspecified atom stereocenters. The molecular formula is C12H14N2OS. The maximum atomic E-state index is 11.6. The molecule has 0 bridgehead atoms. The molecule has 1 aliphatic heterocycles. The highest BCUT2D eigenvalue weighted by molar-refractivity contribution is 8.00. The zero-order valence-electron chi connectivity index (χ0n) is 8.98. The maximum Gasteiger partial charge on any atom is 0.256 e. The molecule has 1 atom stereocenters. The lowest BCUT2D eigenvalue weighted by Crippen LogP contribution is -2.08. The van der Waals surface area contributed by atoms with Crippen LogP contribution in [0.2, 0.25) is 0 Å². The van der Waals surface area contributed by atoms with Gasteiger partial charge >= 0.3 is 0 Å². The maximum absolute atomic E-state index is 11.6. The van der Waals surface area contributed by atoms with Gasteiger partial charge in [-0.25, -0.2) is 0 Å². The van der Waals surface area contributed by atoms with E-state index in [1.165, 1.54) is 24.3 Å². The zero-order chi connectivity index (χ0) is 11.0. The molecule has 1 saturated heterocycles. The van der Waals surface area contributed by atoms with Crippen LogP contribution in [0.15, 0.2) is 29.2 Å². The summed E-state index contributed by atoms with van der Waals surface area (Å²) in [4.78, 5) is 14.9. The molecule has 1 N–H and O–H groups in total. The number of rotatable bonds is 2. The van der Waals surface area contributed by atoms with E-state index in [9.17, 15) is 4.79 Å². The van der Waals surface area contributed by atoms with E-state index in [2.05, 4.69) is 4.98 Å². The Bertz CT molecular complexity index is 551. The number of hydrogen-bond donors (Lipinski definition) is 1. The van der Waals surface area contributed by atoms with Crippen LogP contribution < -0.4 is 5.56 Å². The van der Waals surface area contributed by atoms with Crippen molar-refractivity contribution in [2.75, 3.05) is 5.75 Å². The van der Waals surface area contributed by atoms with Crippen LogP contribution in [0.25, 0.3) is 5.65 Å². The van der Waals surface area contributed by atoms with Crippen molar-refractivity contribution in [3.8, 4) is 0 Å². The number of fused-ring (bicyclic) bond motifs is 1. The number of nitrogens with one attached hydrogen (secondary N) is 1. The van der Waals surface area contributed by atoms with Crippen LogP contribution in [0.1, 0.15) is 18.5 Å². The number of imidazole rings is 1. The normalized spacial score (nSPS) is 20.6. The summed E-state index contributed by atoms with van der Waals surface area (Å²) in [6, 6.07) is 5.32. The summed E-state index contributed by atoms with van der Waals surface area (Å²) in [5, 5.41) is 0.726. The first-order valence-electron chi connectivity index (χ1n) is 5.64. The van der Waals surface area contributed by atoms with E-state index in [0.29, 0.717) is 0 Å². The van der Waals surface area contributed by atoms with Gasteiger partial charge in [-0.15, -0.1) is 0 Å². The second-order valence-electron chi connectivity index (χ2n) is 4.24. The molecule has 4 heteroatoms. The summed E-state index contributed by atoms with van der Waals surface area (Å²) in [7, 11) is 0. The van der Waals surface area contributed by atoms with Crippen molar-refractivity contribution in [1.29, 1.82) is 0 Å². The summed E-state index contributed by atoms with van der Waals surface area (Å²) in [5.74, 6) is 1.28. The third kappa shape index (κ3) is 1.78. The van der Waals surface area contributed by atoms with Crippen molar-refractivity contribution < 1.29 is 0 Å². The van der Waals surface area contributed by atoms with E-state index in [1.54, 1.807) is 16.5 Å². The van der Waals surface area contributed by atoms with Crippen LogP contribution in [0, 0.1) is 0 Å². The Morgan fingerprint density at radius 3 is 3.19 bits per heavy atom. The van der Waals surface area contributed by atoms with Gasteiger partial charge in [0.05, 0.1) is 0 Å². The van der Waals surface area contributed by atoms with Crippen LogP contribution in [0.4, 0.5) is 0 Å². The van der Waals surface area contributed by atoms with Gasteiger partial charge in [0.15, 0.2) is 0 Å². The molecule has 0 aromatic carbocycles. The first-order valence-corrected chi connectivity index (χ1v) is 6.69. The molecule has 0 spiro atoms. The summed E-state index contributed by atoms with van der Waals surface area (Å²) >= 11 is 2.04. The Balaban J connectivity index is 1.93. The molecule has 1 fully saturated rings. The van der Waals surface area contributed by atoms with Crippen LogP contribution in [-0.2, 0) is 6.42 Å². The van der Waals surface area contributed by atoms with Crippen LogP contribution in [-0.4, -0.2) is 20.4 Å². The lowest BCUT2D eigenvalue weighted by Gasteiger charge is -2.04.